The minimum atomic E-state index is -0.667. The van der Waals surface area contributed by atoms with E-state index in [0.29, 0.717) is 6.42 Å². The fourth-order valence-corrected chi connectivity index (χ4v) is 3.44. The monoisotopic (exact) mass is 388 g/mol. The molecule has 0 saturated heterocycles. The van der Waals surface area contributed by atoms with Gasteiger partial charge in [0.15, 0.2) is 0 Å². The van der Waals surface area contributed by atoms with Gasteiger partial charge < -0.3 is 9.84 Å². The third-order valence-corrected chi connectivity index (χ3v) is 5.19. The van der Waals surface area contributed by atoms with Gasteiger partial charge >= 0.3 is 5.97 Å². The molecular formula is C23H36N2O3. The number of aliphatic carboxylic acids is 1. The van der Waals surface area contributed by atoms with Crippen molar-refractivity contribution in [1.82, 2.24) is 0 Å². The molecule has 0 fully saturated rings. The topological polar surface area (TPSA) is 71.2 Å². The second kappa shape index (κ2) is 14.1. The van der Waals surface area contributed by atoms with Crippen LogP contribution in [-0.4, -0.2) is 17.7 Å². The van der Waals surface area contributed by atoms with Crippen LogP contribution >= 0.6 is 0 Å². The van der Waals surface area contributed by atoms with E-state index in [-0.39, 0.29) is 6.17 Å². The minimum absolute atomic E-state index is 0.0485. The maximum Gasteiger partial charge on any atom is 0.303 e. The fraction of sp³-hybridized carbons (Fsp3) is 0.696. The van der Waals surface area contributed by atoms with Gasteiger partial charge in [-0.15, -0.1) is 0 Å². The van der Waals surface area contributed by atoms with Crippen molar-refractivity contribution in [2.45, 2.75) is 96.1 Å². The van der Waals surface area contributed by atoms with Crippen molar-refractivity contribution >= 4 is 5.97 Å². The van der Waals surface area contributed by atoms with E-state index >= 15 is 0 Å². The largest absolute Gasteiger partial charge is 0.494 e. The third-order valence-electron chi connectivity index (χ3n) is 5.19. The van der Waals surface area contributed by atoms with Crippen LogP contribution in [0.3, 0.4) is 0 Å². The summed E-state index contributed by atoms with van der Waals surface area (Å²) in [7, 11) is 0. The van der Waals surface area contributed by atoms with Gasteiger partial charge in [0.1, 0.15) is 5.75 Å². The second-order valence-electron chi connectivity index (χ2n) is 7.77. The molecule has 1 N–H and O–H groups in total. The molecule has 156 valence electrons. The second-order valence-corrected chi connectivity index (χ2v) is 7.77. The summed E-state index contributed by atoms with van der Waals surface area (Å²) in [5, 5.41) is 16.5. The number of hydrogen-bond donors (Lipinski definition) is 1. The number of hydrogen-bond acceptors (Lipinski definition) is 4. The van der Waals surface area contributed by atoms with Crippen molar-refractivity contribution < 1.29 is 14.6 Å². The lowest BCUT2D eigenvalue weighted by molar-refractivity contribution is -0.137. The lowest BCUT2D eigenvalue weighted by atomic mass is 10.0. The Hall–Kier alpha value is -1.91. The average molecular weight is 389 g/mol. The van der Waals surface area contributed by atoms with Crippen molar-refractivity contribution in [2.75, 3.05) is 6.61 Å². The van der Waals surface area contributed by atoms with Crippen molar-refractivity contribution in [1.29, 1.82) is 0 Å². The smallest absolute Gasteiger partial charge is 0.303 e. The van der Waals surface area contributed by atoms with E-state index < -0.39 is 5.97 Å². The number of carboxylic acids is 1. The molecular weight excluding hydrogens is 352 g/mol. The number of rotatable bonds is 18. The first-order valence-electron chi connectivity index (χ1n) is 11.1. The Bertz CT molecular complexity index is 583. The molecule has 1 aromatic rings. The van der Waals surface area contributed by atoms with E-state index in [2.05, 4.69) is 10.2 Å². The molecule has 0 saturated carbocycles. The molecule has 0 radical (unpaired) electrons. The molecule has 0 bridgehead atoms. The molecule has 28 heavy (non-hydrogen) atoms. The maximum atomic E-state index is 10.4. The van der Waals surface area contributed by atoms with Gasteiger partial charge in [-0.25, -0.2) is 0 Å². The molecule has 0 aromatic heterocycles. The minimum Gasteiger partial charge on any atom is -0.494 e. The summed E-state index contributed by atoms with van der Waals surface area (Å²) < 4.78 is 5.83. The van der Waals surface area contributed by atoms with Gasteiger partial charge in [-0.1, -0.05) is 82.8 Å². The number of carboxylic acid groups (broad SMARTS) is 1. The number of benzene rings is 1. The van der Waals surface area contributed by atoms with Crippen LogP contribution in [-0.2, 0) is 4.79 Å². The number of nitrogens with zero attached hydrogens (tertiary/aromatic N) is 2. The van der Waals surface area contributed by atoms with Gasteiger partial charge in [0.05, 0.1) is 6.61 Å². The molecule has 1 aliphatic heterocycles. The molecule has 0 aliphatic carbocycles. The van der Waals surface area contributed by atoms with E-state index in [1.54, 1.807) is 0 Å². The quantitative estimate of drug-likeness (QED) is 0.273. The molecule has 1 aliphatic rings. The van der Waals surface area contributed by atoms with Crippen LogP contribution in [0, 0.1) is 0 Å². The van der Waals surface area contributed by atoms with Crippen LogP contribution in [0.15, 0.2) is 34.5 Å². The number of carbonyl (C=O) groups is 1. The zero-order valence-corrected chi connectivity index (χ0v) is 17.2. The van der Waals surface area contributed by atoms with Crippen molar-refractivity contribution in [3.63, 3.8) is 0 Å². The number of ether oxygens (including phenoxy) is 1. The maximum absolute atomic E-state index is 10.4. The first-order valence-corrected chi connectivity index (χ1v) is 11.1. The standard InChI is InChI=1S/C23H36N2O3/c26-22(27)17-12-10-8-6-4-2-1-3-5-7-9-11-13-18-28-21-16-14-15-20(19-21)23-24-25-23/h14-16,19,23H,1-13,17-18H2,(H,26,27). The zero-order valence-electron chi connectivity index (χ0n) is 17.2. The third kappa shape index (κ3) is 11.1. The average Bonchev–Trinajstić information content (AvgIpc) is 3.53. The normalized spacial score (nSPS) is 13.0. The Morgan fingerprint density at radius 1 is 0.821 bits per heavy atom. The van der Waals surface area contributed by atoms with E-state index in [9.17, 15) is 4.79 Å². The Kier molecular flexibility index (Phi) is 11.3. The van der Waals surface area contributed by atoms with E-state index in [0.717, 1.165) is 37.2 Å². The Morgan fingerprint density at radius 2 is 1.36 bits per heavy atom. The van der Waals surface area contributed by atoms with E-state index in [4.69, 9.17) is 9.84 Å². The molecule has 5 heteroatoms. The summed E-state index contributed by atoms with van der Waals surface area (Å²) in [6.07, 6.45) is 16.4. The highest BCUT2D eigenvalue weighted by Gasteiger charge is 2.18. The van der Waals surface area contributed by atoms with Crippen LogP contribution < -0.4 is 4.74 Å². The molecule has 0 spiro atoms. The number of unbranched alkanes of at least 4 members (excludes halogenated alkanes) is 12. The van der Waals surface area contributed by atoms with Crippen molar-refractivity contribution in [2.24, 2.45) is 10.2 Å². The SMILES string of the molecule is O=C(O)CCCCCCCCCCCCCCCOc1cccc(C2N=N2)c1. The lowest BCUT2D eigenvalue weighted by Gasteiger charge is -2.07. The molecule has 1 aromatic carbocycles. The fourth-order valence-electron chi connectivity index (χ4n) is 3.44. The highest BCUT2D eigenvalue weighted by Crippen LogP contribution is 2.32. The van der Waals surface area contributed by atoms with Crippen LogP contribution in [0.2, 0.25) is 0 Å². The van der Waals surface area contributed by atoms with Gasteiger partial charge in [0.25, 0.3) is 0 Å². The predicted octanol–water partition coefficient (Wildman–Crippen LogP) is 7.08. The highest BCUT2D eigenvalue weighted by molar-refractivity contribution is 5.66. The summed E-state index contributed by atoms with van der Waals surface area (Å²) in [6.45, 7) is 0.787. The van der Waals surface area contributed by atoms with Crippen LogP contribution in [0.4, 0.5) is 0 Å². The Balaban J connectivity index is 1.29. The summed E-state index contributed by atoms with van der Waals surface area (Å²) in [4.78, 5) is 10.4. The van der Waals surface area contributed by atoms with Crippen LogP contribution in [0.25, 0.3) is 0 Å². The summed E-state index contributed by atoms with van der Waals surface area (Å²) in [5.74, 6) is 0.260. The van der Waals surface area contributed by atoms with Gasteiger partial charge in [-0.3, -0.25) is 4.79 Å². The van der Waals surface area contributed by atoms with Gasteiger partial charge in [0.2, 0.25) is 6.17 Å². The molecule has 0 amide bonds. The van der Waals surface area contributed by atoms with Gasteiger partial charge in [-0.2, -0.15) is 10.2 Å². The molecule has 0 unspecified atom stereocenters. The molecule has 2 rings (SSSR count). The first-order chi connectivity index (χ1) is 13.8. The molecule has 1 heterocycles. The molecule has 5 nitrogen and oxygen atoms in total. The summed E-state index contributed by atoms with van der Waals surface area (Å²) in [5.41, 5.74) is 1.12. The van der Waals surface area contributed by atoms with E-state index in [1.165, 1.54) is 64.2 Å². The summed E-state index contributed by atoms with van der Waals surface area (Å²) in [6, 6.07) is 8.09. The Labute approximate surface area is 169 Å². The van der Waals surface area contributed by atoms with Crippen molar-refractivity contribution in [3.8, 4) is 5.75 Å². The van der Waals surface area contributed by atoms with Gasteiger partial charge in [0, 0.05) is 12.0 Å². The van der Waals surface area contributed by atoms with Crippen LogP contribution in [0.1, 0.15) is 102 Å². The van der Waals surface area contributed by atoms with Crippen LogP contribution in [0.5, 0.6) is 5.75 Å². The molecule has 0 atom stereocenters. The highest BCUT2D eigenvalue weighted by atomic mass is 16.5. The lowest BCUT2D eigenvalue weighted by Crippen LogP contribution is -1.97. The van der Waals surface area contributed by atoms with E-state index in [1.807, 2.05) is 24.3 Å². The first kappa shape index (κ1) is 22.4. The zero-order chi connectivity index (χ0) is 19.9. The summed E-state index contributed by atoms with van der Waals surface area (Å²) >= 11 is 0. The van der Waals surface area contributed by atoms with Gasteiger partial charge in [-0.05, 0) is 25.0 Å². The predicted molar refractivity (Wildman–Crippen MR) is 112 cm³/mol. The van der Waals surface area contributed by atoms with Crippen molar-refractivity contribution in [3.05, 3.63) is 29.8 Å². The Morgan fingerprint density at radius 3 is 1.89 bits per heavy atom.